The van der Waals surface area contributed by atoms with E-state index in [2.05, 4.69) is 5.32 Å². The molecule has 1 aliphatic heterocycles. The monoisotopic (exact) mass is 230 g/mol. The molecule has 1 saturated heterocycles. The summed E-state index contributed by atoms with van der Waals surface area (Å²) in [5, 5.41) is 20.5. The average Bonchev–Trinajstić information content (AvgIpc) is 2.21. The van der Waals surface area contributed by atoms with Crippen LogP contribution in [0.5, 0.6) is 0 Å². The largest absolute Gasteiger partial charge is 0.480 e. The number of amides is 2. The minimum Gasteiger partial charge on any atom is -0.480 e. The summed E-state index contributed by atoms with van der Waals surface area (Å²) in [5.41, 5.74) is 0. The Morgan fingerprint density at radius 2 is 2.12 bits per heavy atom. The maximum Gasteiger partial charge on any atom is 0.325 e. The highest BCUT2D eigenvalue weighted by molar-refractivity contribution is 5.82. The van der Waals surface area contributed by atoms with Crippen molar-refractivity contribution in [3.8, 4) is 0 Å². The van der Waals surface area contributed by atoms with E-state index in [9.17, 15) is 14.7 Å². The van der Waals surface area contributed by atoms with E-state index in [0.717, 1.165) is 0 Å². The number of urea groups is 1. The van der Waals surface area contributed by atoms with Crippen LogP contribution in [0.3, 0.4) is 0 Å². The second-order valence-electron chi connectivity index (χ2n) is 4.29. The maximum absolute atomic E-state index is 11.6. The van der Waals surface area contributed by atoms with Crippen molar-refractivity contribution in [2.45, 2.75) is 32.4 Å². The van der Waals surface area contributed by atoms with Crippen molar-refractivity contribution in [2.75, 3.05) is 13.1 Å². The predicted octanol–water partition coefficient (Wildman–Crippen LogP) is -0.128. The molecule has 2 unspecified atom stereocenters. The number of hydrogen-bond donors (Lipinski definition) is 3. The van der Waals surface area contributed by atoms with E-state index in [4.69, 9.17) is 5.11 Å². The van der Waals surface area contributed by atoms with Crippen LogP contribution in [0.2, 0.25) is 0 Å². The molecule has 0 spiro atoms. The number of nitrogens with zero attached hydrogens (tertiary/aromatic N) is 1. The molecular formula is C10H18N2O4. The normalized spacial score (nSPS) is 27.3. The zero-order valence-electron chi connectivity index (χ0n) is 9.51. The van der Waals surface area contributed by atoms with E-state index in [1.165, 1.54) is 11.8 Å². The van der Waals surface area contributed by atoms with Crippen molar-refractivity contribution in [2.24, 2.45) is 5.92 Å². The Bertz CT molecular complexity index is 282. The summed E-state index contributed by atoms with van der Waals surface area (Å²) in [6.07, 6.45) is 0.164. The minimum absolute atomic E-state index is 0.0274. The predicted molar refractivity (Wildman–Crippen MR) is 57.0 cm³/mol. The third-order valence-electron chi connectivity index (χ3n) is 2.86. The van der Waals surface area contributed by atoms with Gasteiger partial charge in [0.15, 0.2) is 0 Å². The van der Waals surface area contributed by atoms with Crippen LogP contribution in [0.1, 0.15) is 20.3 Å². The number of carbonyl (C=O) groups excluding carboxylic acids is 1. The SMILES string of the molecule is CC1CN(C(=O)N[C@@H](C)C(=O)O)CCC1O. The standard InChI is InChI=1S/C10H18N2O4/c1-6-5-12(4-3-8(6)13)10(16)11-7(2)9(14)15/h6-8,13H,3-5H2,1-2H3,(H,11,16)(H,14,15)/t6?,7-,8?/m0/s1. The van der Waals surface area contributed by atoms with Gasteiger partial charge in [-0.3, -0.25) is 4.79 Å². The van der Waals surface area contributed by atoms with Crippen molar-refractivity contribution >= 4 is 12.0 Å². The topological polar surface area (TPSA) is 89.9 Å². The molecule has 1 fully saturated rings. The Balaban J connectivity index is 2.46. The quantitative estimate of drug-likeness (QED) is 0.616. The van der Waals surface area contributed by atoms with Crippen LogP contribution in [0.15, 0.2) is 0 Å². The third kappa shape index (κ3) is 3.10. The Morgan fingerprint density at radius 1 is 1.50 bits per heavy atom. The van der Waals surface area contributed by atoms with Crippen molar-refractivity contribution in [3.05, 3.63) is 0 Å². The molecule has 3 N–H and O–H groups in total. The molecule has 0 aromatic heterocycles. The molecule has 0 aromatic rings. The number of carboxylic acid groups (broad SMARTS) is 1. The van der Waals surface area contributed by atoms with Gasteiger partial charge in [-0.2, -0.15) is 0 Å². The first-order valence-electron chi connectivity index (χ1n) is 5.38. The molecule has 2 amide bonds. The number of aliphatic carboxylic acids is 1. The molecule has 16 heavy (non-hydrogen) atoms. The summed E-state index contributed by atoms with van der Waals surface area (Å²) in [7, 11) is 0. The highest BCUT2D eigenvalue weighted by Crippen LogP contribution is 2.16. The number of carboxylic acids is 1. The van der Waals surface area contributed by atoms with Crippen molar-refractivity contribution in [1.82, 2.24) is 10.2 Å². The molecule has 0 aromatic carbocycles. The fraction of sp³-hybridized carbons (Fsp3) is 0.800. The molecule has 1 rings (SSSR count). The van der Waals surface area contributed by atoms with E-state index < -0.39 is 12.0 Å². The van der Waals surface area contributed by atoms with Crippen LogP contribution in [0.4, 0.5) is 4.79 Å². The lowest BCUT2D eigenvalue weighted by Gasteiger charge is -2.34. The second-order valence-corrected chi connectivity index (χ2v) is 4.29. The van der Waals surface area contributed by atoms with Crippen molar-refractivity contribution in [1.29, 1.82) is 0 Å². The number of nitrogens with one attached hydrogen (secondary N) is 1. The number of hydrogen-bond acceptors (Lipinski definition) is 3. The number of likely N-dealkylation sites (tertiary alicyclic amines) is 1. The fourth-order valence-electron chi connectivity index (χ4n) is 1.66. The van der Waals surface area contributed by atoms with Gasteiger partial charge in [0, 0.05) is 13.1 Å². The van der Waals surface area contributed by atoms with Crippen molar-refractivity contribution < 1.29 is 19.8 Å². The molecule has 0 aliphatic carbocycles. The van der Waals surface area contributed by atoms with Gasteiger partial charge in [-0.15, -0.1) is 0 Å². The van der Waals surface area contributed by atoms with E-state index in [0.29, 0.717) is 19.5 Å². The molecule has 1 aliphatic rings. The molecule has 92 valence electrons. The zero-order chi connectivity index (χ0) is 12.3. The first-order valence-corrected chi connectivity index (χ1v) is 5.38. The molecule has 6 nitrogen and oxygen atoms in total. The van der Waals surface area contributed by atoms with Gasteiger partial charge in [-0.25, -0.2) is 4.79 Å². The van der Waals surface area contributed by atoms with E-state index in [1.807, 2.05) is 6.92 Å². The van der Waals surface area contributed by atoms with Crippen LogP contribution >= 0.6 is 0 Å². The summed E-state index contributed by atoms with van der Waals surface area (Å²) in [6, 6.07) is -1.27. The molecule has 0 radical (unpaired) electrons. The van der Waals surface area contributed by atoms with Crippen LogP contribution in [-0.4, -0.2) is 52.3 Å². The zero-order valence-corrected chi connectivity index (χ0v) is 9.51. The molecule has 6 heteroatoms. The van der Waals surface area contributed by atoms with Gasteiger partial charge < -0.3 is 20.4 Å². The second kappa shape index (κ2) is 5.16. The van der Waals surface area contributed by atoms with Gasteiger partial charge in [-0.05, 0) is 19.3 Å². The summed E-state index contributed by atoms with van der Waals surface area (Å²) < 4.78 is 0. The van der Waals surface area contributed by atoms with Crippen LogP contribution in [0.25, 0.3) is 0 Å². The number of carbonyl (C=O) groups is 2. The Kier molecular flexibility index (Phi) is 4.12. The molecule has 1 heterocycles. The highest BCUT2D eigenvalue weighted by atomic mass is 16.4. The lowest BCUT2D eigenvalue weighted by molar-refractivity contribution is -0.138. The lowest BCUT2D eigenvalue weighted by atomic mass is 9.97. The number of piperidine rings is 1. The van der Waals surface area contributed by atoms with Gasteiger partial charge in [0.2, 0.25) is 0 Å². The average molecular weight is 230 g/mol. The Hall–Kier alpha value is -1.30. The lowest BCUT2D eigenvalue weighted by Crippen LogP contribution is -2.52. The van der Waals surface area contributed by atoms with Crippen molar-refractivity contribution in [3.63, 3.8) is 0 Å². The molecule has 0 saturated carbocycles. The van der Waals surface area contributed by atoms with Crippen LogP contribution in [-0.2, 0) is 4.79 Å². The smallest absolute Gasteiger partial charge is 0.325 e. The summed E-state index contributed by atoms with van der Waals surface area (Å²) in [5.74, 6) is -1.03. The number of aliphatic hydroxyl groups excluding tert-OH is 1. The number of aliphatic hydroxyl groups is 1. The first-order chi connectivity index (χ1) is 7.41. The summed E-state index contributed by atoms with van der Waals surface area (Å²) >= 11 is 0. The Morgan fingerprint density at radius 3 is 2.62 bits per heavy atom. The van der Waals surface area contributed by atoms with E-state index in [1.54, 1.807) is 0 Å². The third-order valence-corrected chi connectivity index (χ3v) is 2.86. The highest BCUT2D eigenvalue weighted by Gasteiger charge is 2.28. The van der Waals surface area contributed by atoms with E-state index >= 15 is 0 Å². The Labute approximate surface area is 94.2 Å². The first kappa shape index (κ1) is 12.8. The molecule has 3 atom stereocenters. The maximum atomic E-state index is 11.6. The summed E-state index contributed by atoms with van der Waals surface area (Å²) in [6.45, 7) is 4.20. The van der Waals surface area contributed by atoms with Gasteiger partial charge in [0.25, 0.3) is 0 Å². The fourth-order valence-corrected chi connectivity index (χ4v) is 1.66. The molecular weight excluding hydrogens is 212 g/mol. The van der Waals surface area contributed by atoms with Crippen LogP contribution < -0.4 is 5.32 Å². The van der Waals surface area contributed by atoms with E-state index in [-0.39, 0.29) is 18.1 Å². The number of rotatable bonds is 2. The van der Waals surface area contributed by atoms with Gasteiger partial charge in [0.1, 0.15) is 6.04 Å². The minimum atomic E-state index is -1.06. The molecule has 0 bridgehead atoms. The summed E-state index contributed by atoms with van der Waals surface area (Å²) in [4.78, 5) is 23.7. The van der Waals surface area contributed by atoms with Gasteiger partial charge >= 0.3 is 12.0 Å². The van der Waals surface area contributed by atoms with Crippen LogP contribution in [0, 0.1) is 5.92 Å². The van der Waals surface area contributed by atoms with Gasteiger partial charge in [0.05, 0.1) is 6.10 Å². The van der Waals surface area contributed by atoms with Gasteiger partial charge in [-0.1, -0.05) is 6.92 Å².